The first-order valence-corrected chi connectivity index (χ1v) is 8.84. The molecule has 5 heteroatoms. The number of carbonyl (C=O) groups is 1. The van der Waals surface area contributed by atoms with Gasteiger partial charge in [0.25, 0.3) is 0 Å². The number of thiazole rings is 1. The van der Waals surface area contributed by atoms with Crippen molar-refractivity contribution in [3.63, 3.8) is 0 Å². The molecule has 2 aromatic carbocycles. The number of aromatic nitrogens is 1. The van der Waals surface area contributed by atoms with Crippen LogP contribution < -0.4 is 5.32 Å². The third-order valence-corrected chi connectivity index (χ3v) is 4.76. The summed E-state index contributed by atoms with van der Waals surface area (Å²) in [7, 11) is 0. The van der Waals surface area contributed by atoms with E-state index in [9.17, 15) is 4.79 Å². The largest absolute Gasteiger partial charge is 0.325 e. The molecular formula is C19H17ClN2OS. The van der Waals surface area contributed by atoms with Crippen LogP contribution in [0.4, 0.5) is 5.69 Å². The lowest BCUT2D eigenvalue weighted by Crippen LogP contribution is -2.15. The number of carbonyl (C=O) groups excluding carboxylic acids is 1. The molecule has 0 radical (unpaired) electrons. The van der Waals surface area contributed by atoms with E-state index in [0.717, 1.165) is 27.5 Å². The summed E-state index contributed by atoms with van der Waals surface area (Å²) >= 11 is 7.39. The normalized spacial score (nSPS) is 10.6. The van der Waals surface area contributed by atoms with Crippen molar-refractivity contribution >= 4 is 34.5 Å². The summed E-state index contributed by atoms with van der Waals surface area (Å²) in [6.45, 7) is 4.02. The number of rotatable bonds is 4. The second-order valence-electron chi connectivity index (χ2n) is 5.68. The Morgan fingerprint density at radius 1 is 1.17 bits per heavy atom. The molecule has 0 saturated carbocycles. The average molecular weight is 357 g/mol. The van der Waals surface area contributed by atoms with Crippen molar-refractivity contribution in [2.24, 2.45) is 0 Å². The van der Waals surface area contributed by atoms with Gasteiger partial charge in [0.05, 0.1) is 12.1 Å². The molecule has 0 spiro atoms. The molecular weight excluding hydrogens is 340 g/mol. The van der Waals surface area contributed by atoms with Crippen LogP contribution in [0.2, 0.25) is 5.02 Å². The lowest BCUT2D eigenvalue weighted by molar-refractivity contribution is -0.115. The molecule has 0 atom stereocenters. The average Bonchev–Trinajstić information content (AvgIpc) is 2.99. The third-order valence-electron chi connectivity index (χ3n) is 3.66. The van der Waals surface area contributed by atoms with Gasteiger partial charge >= 0.3 is 0 Å². The Hall–Kier alpha value is -2.17. The number of aryl methyl sites for hydroxylation is 2. The van der Waals surface area contributed by atoms with Gasteiger partial charge in [0.2, 0.25) is 5.91 Å². The van der Waals surface area contributed by atoms with Crippen LogP contribution in [0, 0.1) is 13.8 Å². The van der Waals surface area contributed by atoms with E-state index in [1.165, 1.54) is 16.9 Å². The number of hydrogen-bond donors (Lipinski definition) is 1. The Morgan fingerprint density at radius 3 is 2.62 bits per heavy atom. The van der Waals surface area contributed by atoms with Crippen molar-refractivity contribution in [3.05, 3.63) is 69.0 Å². The molecule has 0 fully saturated rings. The molecule has 0 saturated heterocycles. The lowest BCUT2D eigenvalue weighted by Gasteiger charge is -2.08. The van der Waals surface area contributed by atoms with E-state index in [1.807, 2.05) is 55.6 Å². The second kappa shape index (κ2) is 7.16. The number of anilines is 1. The van der Waals surface area contributed by atoms with Gasteiger partial charge in [-0.2, -0.15) is 0 Å². The van der Waals surface area contributed by atoms with Crippen molar-refractivity contribution in [1.82, 2.24) is 4.98 Å². The van der Waals surface area contributed by atoms with Crippen LogP contribution in [0.1, 0.15) is 16.1 Å². The van der Waals surface area contributed by atoms with E-state index in [1.54, 1.807) is 0 Å². The Labute approximate surface area is 150 Å². The molecule has 0 aliphatic rings. The number of hydrogen-bond acceptors (Lipinski definition) is 3. The molecule has 0 aliphatic carbocycles. The van der Waals surface area contributed by atoms with E-state index in [0.29, 0.717) is 5.02 Å². The van der Waals surface area contributed by atoms with Crippen LogP contribution in [0.25, 0.3) is 11.3 Å². The SMILES string of the molecule is Cc1ccc(NC(=O)Cc2nc(-c3ccc(Cl)cc3)cs2)c(C)c1. The number of benzene rings is 2. The van der Waals surface area contributed by atoms with Gasteiger partial charge in [-0.3, -0.25) is 4.79 Å². The molecule has 3 nitrogen and oxygen atoms in total. The summed E-state index contributed by atoms with van der Waals surface area (Å²) in [4.78, 5) is 16.8. The van der Waals surface area contributed by atoms with Gasteiger partial charge in [-0.25, -0.2) is 4.98 Å². The van der Waals surface area contributed by atoms with E-state index in [-0.39, 0.29) is 12.3 Å². The predicted molar refractivity (Wildman–Crippen MR) is 101 cm³/mol. The smallest absolute Gasteiger partial charge is 0.231 e. The zero-order chi connectivity index (χ0) is 17.1. The number of nitrogens with zero attached hydrogens (tertiary/aromatic N) is 1. The first-order chi connectivity index (χ1) is 11.5. The highest BCUT2D eigenvalue weighted by Gasteiger charge is 2.10. The third kappa shape index (κ3) is 4.02. The minimum atomic E-state index is -0.0565. The molecule has 3 rings (SSSR count). The lowest BCUT2D eigenvalue weighted by atomic mass is 10.1. The van der Waals surface area contributed by atoms with Gasteiger partial charge in [0, 0.05) is 21.7 Å². The highest BCUT2D eigenvalue weighted by atomic mass is 35.5. The number of halogens is 1. The van der Waals surface area contributed by atoms with Gasteiger partial charge in [-0.15, -0.1) is 11.3 Å². The maximum absolute atomic E-state index is 12.2. The molecule has 3 aromatic rings. The fourth-order valence-electron chi connectivity index (χ4n) is 2.43. The maximum Gasteiger partial charge on any atom is 0.231 e. The predicted octanol–water partition coefficient (Wildman–Crippen LogP) is 5.26. The van der Waals surface area contributed by atoms with E-state index in [2.05, 4.69) is 16.4 Å². The van der Waals surface area contributed by atoms with Crippen LogP contribution >= 0.6 is 22.9 Å². The fraction of sp³-hybridized carbons (Fsp3) is 0.158. The standard InChI is InChI=1S/C19H17ClN2OS/c1-12-3-8-16(13(2)9-12)21-18(23)10-19-22-17(11-24-19)14-4-6-15(20)7-5-14/h3-9,11H,10H2,1-2H3,(H,21,23). The Bertz CT molecular complexity index is 871. The van der Waals surface area contributed by atoms with Gasteiger partial charge in [-0.05, 0) is 37.6 Å². The first-order valence-electron chi connectivity index (χ1n) is 7.59. The monoisotopic (exact) mass is 356 g/mol. The van der Waals surface area contributed by atoms with E-state index in [4.69, 9.17) is 11.6 Å². The Kier molecular flexibility index (Phi) is 4.97. The molecule has 0 bridgehead atoms. The summed E-state index contributed by atoms with van der Waals surface area (Å²) in [5, 5.41) is 6.40. The first kappa shape index (κ1) is 16.7. The quantitative estimate of drug-likeness (QED) is 0.692. The molecule has 1 amide bonds. The van der Waals surface area contributed by atoms with Gasteiger partial charge in [-0.1, -0.05) is 41.4 Å². The zero-order valence-corrected chi connectivity index (χ0v) is 15.0. The summed E-state index contributed by atoms with van der Waals surface area (Å²) < 4.78 is 0. The summed E-state index contributed by atoms with van der Waals surface area (Å²) in [6, 6.07) is 13.5. The molecule has 1 N–H and O–H groups in total. The summed E-state index contributed by atoms with van der Waals surface area (Å²) in [6.07, 6.45) is 0.269. The maximum atomic E-state index is 12.2. The second-order valence-corrected chi connectivity index (χ2v) is 7.06. The highest BCUT2D eigenvalue weighted by Crippen LogP contribution is 2.24. The van der Waals surface area contributed by atoms with Gasteiger partial charge in [0.1, 0.15) is 5.01 Å². The molecule has 1 heterocycles. The minimum Gasteiger partial charge on any atom is -0.325 e. The van der Waals surface area contributed by atoms with Gasteiger partial charge < -0.3 is 5.32 Å². The van der Waals surface area contributed by atoms with Crippen molar-refractivity contribution in [2.75, 3.05) is 5.32 Å². The van der Waals surface area contributed by atoms with Crippen LogP contribution in [-0.2, 0) is 11.2 Å². The Balaban J connectivity index is 1.68. The van der Waals surface area contributed by atoms with E-state index >= 15 is 0 Å². The fourth-order valence-corrected chi connectivity index (χ4v) is 3.36. The van der Waals surface area contributed by atoms with Crippen LogP contribution in [0.3, 0.4) is 0 Å². The molecule has 24 heavy (non-hydrogen) atoms. The van der Waals surface area contributed by atoms with E-state index < -0.39 is 0 Å². The number of amides is 1. The van der Waals surface area contributed by atoms with Crippen LogP contribution in [-0.4, -0.2) is 10.9 Å². The molecule has 122 valence electrons. The van der Waals surface area contributed by atoms with Crippen molar-refractivity contribution < 1.29 is 4.79 Å². The van der Waals surface area contributed by atoms with Crippen LogP contribution in [0.15, 0.2) is 47.8 Å². The van der Waals surface area contributed by atoms with Gasteiger partial charge in [0.15, 0.2) is 0 Å². The highest BCUT2D eigenvalue weighted by molar-refractivity contribution is 7.10. The molecule has 0 aliphatic heterocycles. The molecule has 1 aromatic heterocycles. The Morgan fingerprint density at radius 2 is 1.92 bits per heavy atom. The number of nitrogens with one attached hydrogen (secondary N) is 1. The van der Waals surface area contributed by atoms with Crippen LogP contribution in [0.5, 0.6) is 0 Å². The topological polar surface area (TPSA) is 42.0 Å². The molecule has 0 unspecified atom stereocenters. The van der Waals surface area contributed by atoms with Crippen molar-refractivity contribution in [2.45, 2.75) is 20.3 Å². The van der Waals surface area contributed by atoms with Crippen molar-refractivity contribution in [1.29, 1.82) is 0 Å². The summed E-state index contributed by atoms with van der Waals surface area (Å²) in [5.74, 6) is -0.0565. The summed E-state index contributed by atoms with van der Waals surface area (Å²) in [5.41, 5.74) is 4.95. The van der Waals surface area contributed by atoms with Crippen molar-refractivity contribution in [3.8, 4) is 11.3 Å². The zero-order valence-electron chi connectivity index (χ0n) is 13.5. The minimum absolute atomic E-state index is 0.0565.